The largest absolute Gasteiger partial charge is 0.506 e. The molecule has 8 nitrogen and oxygen atoms in total. The molecule has 3 aromatic carbocycles. The molecule has 2 N–H and O–H groups in total. The summed E-state index contributed by atoms with van der Waals surface area (Å²) in [7, 11) is 5.31. The van der Waals surface area contributed by atoms with E-state index in [1.165, 1.54) is 27.4 Å². The average Bonchev–Trinajstić information content (AvgIpc) is 2.72. The van der Waals surface area contributed by atoms with E-state index in [4.69, 9.17) is 14.2 Å². The van der Waals surface area contributed by atoms with Gasteiger partial charge in [-0.3, -0.25) is 4.79 Å². The number of phenols is 2. The van der Waals surface area contributed by atoms with Gasteiger partial charge in [0.15, 0.2) is 0 Å². The zero-order valence-electron chi connectivity index (χ0n) is 16.4. The molecule has 152 valence electrons. The highest BCUT2D eigenvalue weighted by atomic mass is 16.5. The Labute approximate surface area is 166 Å². The second-order valence-electron chi connectivity index (χ2n) is 6.22. The summed E-state index contributed by atoms with van der Waals surface area (Å²) in [6.45, 7) is 0. The number of fused-ring (bicyclic) bond motifs is 2. The summed E-state index contributed by atoms with van der Waals surface area (Å²) in [6, 6.07) is 6.50. The van der Waals surface area contributed by atoms with Gasteiger partial charge in [0.1, 0.15) is 28.6 Å². The minimum Gasteiger partial charge on any atom is -0.506 e. The minimum absolute atomic E-state index is 0.0260. The Morgan fingerprint density at radius 2 is 1.52 bits per heavy atom. The first-order chi connectivity index (χ1) is 13.9. The monoisotopic (exact) mass is 400 g/mol. The normalized spacial score (nSPS) is 10.8. The lowest BCUT2D eigenvalue weighted by Gasteiger charge is -2.17. The van der Waals surface area contributed by atoms with Crippen molar-refractivity contribution in [3.63, 3.8) is 0 Å². The van der Waals surface area contributed by atoms with Gasteiger partial charge in [0.25, 0.3) is 0 Å². The Bertz CT molecular complexity index is 1130. The van der Waals surface area contributed by atoms with Gasteiger partial charge in [-0.2, -0.15) is 0 Å². The maximum absolute atomic E-state index is 12.3. The lowest BCUT2D eigenvalue weighted by molar-refractivity contribution is -0.139. The van der Waals surface area contributed by atoms with Gasteiger partial charge < -0.3 is 29.2 Å². The Hall–Kier alpha value is -3.68. The second-order valence-corrected chi connectivity index (χ2v) is 6.22. The number of hydrogen-bond donors (Lipinski definition) is 2. The molecule has 3 aromatic rings. The van der Waals surface area contributed by atoms with Gasteiger partial charge in [0.05, 0.1) is 45.6 Å². The first kappa shape index (κ1) is 20.1. The van der Waals surface area contributed by atoms with Gasteiger partial charge in [-0.15, -0.1) is 0 Å². The van der Waals surface area contributed by atoms with Crippen LogP contribution in [0, 0.1) is 0 Å². The Balaban J connectivity index is 2.49. The zero-order chi connectivity index (χ0) is 21.3. The first-order valence-electron chi connectivity index (χ1n) is 8.58. The summed E-state index contributed by atoms with van der Waals surface area (Å²) in [5, 5.41) is 23.1. The highest BCUT2D eigenvalue weighted by molar-refractivity contribution is 6.14. The quantitative estimate of drug-likeness (QED) is 0.497. The Morgan fingerprint density at radius 1 is 0.862 bits per heavy atom. The van der Waals surface area contributed by atoms with Crippen molar-refractivity contribution in [2.75, 3.05) is 28.4 Å². The molecule has 0 spiro atoms. The van der Waals surface area contributed by atoms with Gasteiger partial charge in [-0.25, -0.2) is 4.79 Å². The smallest absolute Gasteiger partial charge is 0.341 e. The van der Waals surface area contributed by atoms with Crippen molar-refractivity contribution in [2.24, 2.45) is 0 Å². The van der Waals surface area contributed by atoms with Crippen molar-refractivity contribution in [1.82, 2.24) is 0 Å². The van der Waals surface area contributed by atoms with Gasteiger partial charge >= 0.3 is 11.9 Å². The summed E-state index contributed by atoms with van der Waals surface area (Å²) in [5.41, 5.74) is -0.0174. The molecule has 0 saturated heterocycles. The average molecular weight is 400 g/mol. The van der Waals surface area contributed by atoms with Gasteiger partial charge in [0, 0.05) is 5.39 Å². The molecule has 0 fully saturated rings. The number of rotatable bonds is 5. The maximum atomic E-state index is 12.3. The molecular formula is C21H20O8. The molecule has 0 heterocycles. The fourth-order valence-corrected chi connectivity index (χ4v) is 3.40. The minimum atomic E-state index is -0.847. The van der Waals surface area contributed by atoms with Crippen LogP contribution in [0.4, 0.5) is 0 Å². The second kappa shape index (κ2) is 7.75. The van der Waals surface area contributed by atoms with Crippen molar-refractivity contribution >= 4 is 33.5 Å². The summed E-state index contributed by atoms with van der Waals surface area (Å²) in [5.74, 6) is -1.40. The van der Waals surface area contributed by atoms with E-state index in [0.717, 1.165) is 7.11 Å². The highest BCUT2D eigenvalue weighted by Gasteiger charge is 2.26. The van der Waals surface area contributed by atoms with Crippen LogP contribution in [0.3, 0.4) is 0 Å². The lowest BCUT2D eigenvalue weighted by atomic mass is 9.93. The predicted molar refractivity (Wildman–Crippen MR) is 105 cm³/mol. The SMILES string of the molecule is COC(=O)Cc1cc2cc3c(OC)ccc(OC)c3c(O)c2c(O)c1C(=O)OC. The molecular weight excluding hydrogens is 380 g/mol. The van der Waals surface area contributed by atoms with E-state index in [2.05, 4.69) is 4.74 Å². The van der Waals surface area contributed by atoms with E-state index in [0.29, 0.717) is 27.7 Å². The third kappa shape index (κ3) is 3.22. The number of phenolic OH excluding ortho intramolecular Hbond substituents is 2. The van der Waals surface area contributed by atoms with Crippen LogP contribution in [-0.2, 0) is 20.7 Å². The molecule has 0 aromatic heterocycles. The van der Waals surface area contributed by atoms with Crippen LogP contribution >= 0.6 is 0 Å². The van der Waals surface area contributed by atoms with Crippen molar-refractivity contribution in [3.05, 3.63) is 35.4 Å². The highest BCUT2D eigenvalue weighted by Crippen LogP contribution is 2.47. The van der Waals surface area contributed by atoms with Gasteiger partial charge in [-0.05, 0) is 35.2 Å². The maximum Gasteiger partial charge on any atom is 0.341 e. The fourth-order valence-electron chi connectivity index (χ4n) is 3.40. The number of methoxy groups -OCH3 is 4. The summed E-state index contributed by atoms with van der Waals surface area (Å²) < 4.78 is 20.1. The number of benzene rings is 3. The van der Waals surface area contributed by atoms with Crippen LogP contribution in [0.1, 0.15) is 15.9 Å². The number of hydrogen-bond acceptors (Lipinski definition) is 8. The number of ether oxygens (including phenoxy) is 4. The molecule has 0 amide bonds. The number of esters is 2. The van der Waals surface area contributed by atoms with Crippen LogP contribution in [0.2, 0.25) is 0 Å². The summed E-state index contributed by atoms with van der Waals surface area (Å²) in [4.78, 5) is 24.1. The van der Waals surface area contributed by atoms with Crippen LogP contribution in [0.5, 0.6) is 23.0 Å². The fraction of sp³-hybridized carbons (Fsp3) is 0.238. The van der Waals surface area contributed by atoms with E-state index >= 15 is 0 Å². The molecule has 0 atom stereocenters. The molecule has 3 rings (SSSR count). The van der Waals surface area contributed by atoms with Crippen molar-refractivity contribution in [1.29, 1.82) is 0 Å². The van der Waals surface area contributed by atoms with Gasteiger partial charge in [-0.1, -0.05) is 0 Å². The molecule has 0 bridgehead atoms. The predicted octanol–water partition coefficient (Wildman–Crippen LogP) is 2.92. The molecule has 0 unspecified atom stereocenters. The van der Waals surface area contributed by atoms with Crippen LogP contribution in [-0.4, -0.2) is 50.6 Å². The molecule has 0 saturated carbocycles. The third-order valence-corrected chi connectivity index (χ3v) is 4.75. The van der Waals surface area contributed by atoms with Crippen molar-refractivity contribution < 1.29 is 38.7 Å². The molecule has 29 heavy (non-hydrogen) atoms. The Kier molecular flexibility index (Phi) is 5.36. The van der Waals surface area contributed by atoms with E-state index in [9.17, 15) is 19.8 Å². The standard InChI is InChI=1S/C21H20O8/c1-26-13-5-6-14(27-2)18-12(13)8-10-7-11(9-15(22)28-3)17(21(25)29-4)19(23)16(10)20(18)24/h5-8,23-24H,9H2,1-4H3. The van der Waals surface area contributed by atoms with E-state index in [1.807, 2.05) is 0 Å². The zero-order valence-corrected chi connectivity index (χ0v) is 16.4. The van der Waals surface area contributed by atoms with E-state index in [-0.39, 0.29) is 28.7 Å². The summed E-state index contributed by atoms with van der Waals surface area (Å²) in [6.07, 6.45) is -0.265. The lowest BCUT2D eigenvalue weighted by Crippen LogP contribution is -2.12. The first-order valence-corrected chi connectivity index (χ1v) is 8.58. The molecule has 8 heteroatoms. The number of carbonyl (C=O) groups is 2. The number of carbonyl (C=O) groups excluding carboxylic acids is 2. The van der Waals surface area contributed by atoms with Gasteiger partial charge in [0.2, 0.25) is 0 Å². The molecule has 0 aliphatic carbocycles. The topological polar surface area (TPSA) is 112 Å². The van der Waals surface area contributed by atoms with Crippen LogP contribution < -0.4 is 9.47 Å². The Morgan fingerprint density at radius 3 is 2.10 bits per heavy atom. The summed E-state index contributed by atoms with van der Waals surface area (Å²) >= 11 is 0. The molecule has 0 radical (unpaired) electrons. The third-order valence-electron chi connectivity index (χ3n) is 4.75. The van der Waals surface area contributed by atoms with Crippen molar-refractivity contribution in [3.8, 4) is 23.0 Å². The number of aromatic hydroxyl groups is 2. The van der Waals surface area contributed by atoms with E-state index in [1.54, 1.807) is 18.2 Å². The van der Waals surface area contributed by atoms with Crippen molar-refractivity contribution in [2.45, 2.75) is 6.42 Å². The molecule has 0 aliphatic heterocycles. The molecule has 0 aliphatic rings. The van der Waals surface area contributed by atoms with Crippen LogP contribution in [0.25, 0.3) is 21.5 Å². The van der Waals surface area contributed by atoms with Crippen LogP contribution in [0.15, 0.2) is 24.3 Å². The van der Waals surface area contributed by atoms with E-state index < -0.39 is 17.7 Å².